The highest BCUT2D eigenvalue weighted by molar-refractivity contribution is 7.89. The molecule has 4 nitrogen and oxygen atoms in total. The molecule has 1 N–H and O–H groups in total. The van der Waals surface area contributed by atoms with Gasteiger partial charge in [-0.3, -0.25) is 0 Å². The van der Waals surface area contributed by atoms with Crippen molar-refractivity contribution >= 4 is 10.0 Å². The average Bonchev–Trinajstić information content (AvgIpc) is 3.04. The van der Waals surface area contributed by atoms with Crippen LogP contribution in [0.4, 0.5) is 0 Å². The Hall–Kier alpha value is -1.07. The molecule has 1 aliphatic carbocycles. The summed E-state index contributed by atoms with van der Waals surface area (Å²) < 4.78 is 32.1. The largest absolute Gasteiger partial charge is 0.496 e. The molecule has 0 spiro atoms. The highest BCUT2D eigenvalue weighted by Crippen LogP contribution is 2.28. The molecule has 0 atom stereocenters. The van der Waals surface area contributed by atoms with Crippen LogP contribution < -0.4 is 9.46 Å². The van der Waals surface area contributed by atoms with Crippen LogP contribution in [0.1, 0.15) is 24.0 Å². The predicted molar refractivity (Wildman–Crippen MR) is 65.8 cm³/mol. The highest BCUT2D eigenvalue weighted by Gasteiger charge is 2.29. The minimum Gasteiger partial charge on any atom is -0.496 e. The molecule has 0 aliphatic heterocycles. The van der Waals surface area contributed by atoms with Crippen LogP contribution in [-0.2, 0) is 10.0 Å². The van der Waals surface area contributed by atoms with Crippen molar-refractivity contribution in [2.45, 2.75) is 37.6 Å². The molecule has 0 amide bonds. The van der Waals surface area contributed by atoms with E-state index in [1.54, 1.807) is 26.2 Å². The normalized spacial score (nSPS) is 15.9. The summed E-state index contributed by atoms with van der Waals surface area (Å²) in [4.78, 5) is 0.350. The Balaban J connectivity index is 2.41. The number of ether oxygens (including phenoxy) is 1. The van der Waals surface area contributed by atoms with Crippen LogP contribution in [0.25, 0.3) is 0 Å². The smallest absolute Gasteiger partial charge is 0.241 e. The lowest BCUT2D eigenvalue weighted by Gasteiger charge is -2.13. The van der Waals surface area contributed by atoms with Crippen molar-refractivity contribution in [3.05, 3.63) is 23.3 Å². The fourth-order valence-electron chi connectivity index (χ4n) is 1.77. The van der Waals surface area contributed by atoms with Gasteiger partial charge in [0.1, 0.15) is 5.75 Å². The van der Waals surface area contributed by atoms with Crippen LogP contribution in [0.3, 0.4) is 0 Å². The van der Waals surface area contributed by atoms with E-state index in [1.165, 1.54) is 0 Å². The maximum Gasteiger partial charge on any atom is 0.241 e. The molecule has 94 valence electrons. The molecule has 1 fully saturated rings. The summed E-state index contributed by atoms with van der Waals surface area (Å²) in [6.45, 7) is 3.67. The Bertz CT molecular complexity index is 533. The summed E-state index contributed by atoms with van der Waals surface area (Å²) in [5, 5.41) is 0. The van der Waals surface area contributed by atoms with Crippen molar-refractivity contribution in [1.82, 2.24) is 4.72 Å². The molecule has 1 aromatic carbocycles. The topological polar surface area (TPSA) is 55.4 Å². The summed E-state index contributed by atoms with van der Waals surface area (Å²) in [5.74, 6) is 0.716. The molecule has 0 bridgehead atoms. The van der Waals surface area contributed by atoms with Crippen molar-refractivity contribution in [2.24, 2.45) is 0 Å². The van der Waals surface area contributed by atoms with Gasteiger partial charge in [-0.25, -0.2) is 13.1 Å². The molecule has 0 saturated heterocycles. The fraction of sp³-hybridized carbons (Fsp3) is 0.500. The first-order chi connectivity index (χ1) is 7.95. The molecule has 5 heteroatoms. The van der Waals surface area contributed by atoms with Gasteiger partial charge in [-0.1, -0.05) is 0 Å². The van der Waals surface area contributed by atoms with Gasteiger partial charge in [0.15, 0.2) is 0 Å². The summed E-state index contributed by atoms with van der Waals surface area (Å²) in [5.41, 5.74) is 1.61. The Labute approximate surface area is 102 Å². The van der Waals surface area contributed by atoms with Gasteiger partial charge in [-0.05, 0) is 49.9 Å². The van der Waals surface area contributed by atoms with Gasteiger partial charge in [-0.15, -0.1) is 0 Å². The number of rotatable bonds is 4. The first kappa shape index (κ1) is 12.4. The molecule has 0 radical (unpaired) electrons. The van der Waals surface area contributed by atoms with Gasteiger partial charge in [0.05, 0.1) is 12.0 Å². The first-order valence-electron chi connectivity index (χ1n) is 5.62. The van der Waals surface area contributed by atoms with E-state index >= 15 is 0 Å². The molecular weight excluding hydrogens is 238 g/mol. The number of benzene rings is 1. The SMILES string of the molecule is COc1ccc(S(=O)(=O)NC2CC2)c(C)c1C. The van der Waals surface area contributed by atoms with Gasteiger partial charge in [0.2, 0.25) is 10.0 Å². The second kappa shape index (κ2) is 4.31. The lowest BCUT2D eigenvalue weighted by Crippen LogP contribution is -2.26. The zero-order chi connectivity index (χ0) is 12.6. The van der Waals surface area contributed by atoms with Crippen LogP contribution in [0.15, 0.2) is 17.0 Å². The third kappa shape index (κ3) is 2.45. The predicted octanol–water partition coefficient (Wildman–Crippen LogP) is 1.75. The van der Waals surface area contributed by atoms with E-state index in [0.717, 1.165) is 24.0 Å². The minimum atomic E-state index is -3.38. The summed E-state index contributed by atoms with van der Waals surface area (Å²) in [7, 11) is -1.80. The van der Waals surface area contributed by atoms with Gasteiger partial charge in [0, 0.05) is 6.04 Å². The van der Waals surface area contributed by atoms with Gasteiger partial charge in [0.25, 0.3) is 0 Å². The summed E-state index contributed by atoms with van der Waals surface area (Å²) in [6, 6.07) is 3.43. The van der Waals surface area contributed by atoms with Crippen LogP contribution >= 0.6 is 0 Å². The Morgan fingerprint density at radius 1 is 1.24 bits per heavy atom. The molecule has 0 aromatic heterocycles. The van der Waals surface area contributed by atoms with E-state index in [2.05, 4.69) is 4.72 Å². The third-order valence-corrected chi connectivity index (χ3v) is 4.76. The molecule has 0 heterocycles. The van der Waals surface area contributed by atoms with Crippen LogP contribution in [0.2, 0.25) is 0 Å². The van der Waals surface area contributed by atoms with Crippen LogP contribution in [-0.4, -0.2) is 21.6 Å². The zero-order valence-electron chi connectivity index (χ0n) is 10.3. The van der Waals surface area contributed by atoms with Crippen molar-refractivity contribution < 1.29 is 13.2 Å². The van der Waals surface area contributed by atoms with E-state index in [-0.39, 0.29) is 6.04 Å². The lowest BCUT2D eigenvalue weighted by atomic mass is 10.1. The maximum atomic E-state index is 12.1. The quantitative estimate of drug-likeness (QED) is 0.891. The molecule has 2 rings (SSSR count). The van der Waals surface area contributed by atoms with E-state index in [0.29, 0.717) is 10.6 Å². The van der Waals surface area contributed by atoms with Crippen LogP contribution in [0.5, 0.6) is 5.75 Å². The van der Waals surface area contributed by atoms with Crippen molar-refractivity contribution in [2.75, 3.05) is 7.11 Å². The highest BCUT2D eigenvalue weighted by atomic mass is 32.2. The molecule has 17 heavy (non-hydrogen) atoms. The number of hydrogen-bond donors (Lipinski definition) is 1. The minimum absolute atomic E-state index is 0.127. The second-order valence-electron chi connectivity index (χ2n) is 4.41. The van der Waals surface area contributed by atoms with Gasteiger partial charge >= 0.3 is 0 Å². The van der Waals surface area contributed by atoms with Crippen LogP contribution in [0, 0.1) is 13.8 Å². The van der Waals surface area contributed by atoms with E-state index in [9.17, 15) is 8.42 Å². The Morgan fingerprint density at radius 2 is 1.88 bits per heavy atom. The van der Waals surface area contributed by atoms with E-state index in [4.69, 9.17) is 4.74 Å². The zero-order valence-corrected chi connectivity index (χ0v) is 11.1. The number of nitrogens with one attached hydrogen (secondary N) is 1. The second-order valence-corrected chi connectivity index (χ2v) is 6.09. The lowest BCUT2D eigenvalue weighted by molar-refractivity contribution is 0.410. The number of sulfonamides is 1. The molecule has 0 unspecified atom stereocenters. The molecule has 1 aromatic rings. The van der Waals surface area contributed by atoms with Gasteiger partial charge < -0.3 is 4.74 Å². The number of methoxy groups -OCH3 is 1. The number of hydrogen-bond acceptors (Lipinski definition) is 3. The fourth-order valence-corrected chi connectivity index (χ4v) is 3.37. The van der Waals surface area contributed by atoms with Crippen molar-refractivity contribution in [3.8, 4) is 5.75 Å². The van der Waals surface area contributed by atoms with Gasteiger partial charge in [-0.2, -0.15) is 0 Å². The van der Waals surface area contributed by atoms with Crippen molar-refractivity contribution in [1.29, 1.82) is 0 Å². The first-order valence-corrected chi connectivity index (χ1v) is 7.10. The Morgan fingerprint density at radius 3 is 2.41 bits per heavy atom. The standard InChI is InChI=1S/C12H17NO3S/c1-8-9(2)12(7-6-11(8)16-3)17(14,15)13-10-4-5-10/h6-7,10,13H,4-5H2,1-3H3. The third-order valence-electron chi connectivity index (χ3n) is 3.10. The Kier molecular flexibility index (Phi) is 3.14. The summed E-state index contributed by atoms with van der Waals surface area (Å²) >= 11 is 0. The maximum absolute atomic E-state index is 12.1. The molecule has 1 aliphatic rings. The van der Waals surface area contributed by atoms with E-state index < -0.39 is 10.0 Å². The molecular formula is C12H17NO3S. The molecule has 1 saturated carbocycles. The van der Waals surface area contributed by atoms with E-state index in [1.807, 2.05) is 6.92 Å². The van der Waals surface area contributed by atoms with Crippen molar-refractivity contribution in [3.63, 3.8) is 0 Å². The summed E-state index contributed by atoms with van der Waals surface area (Å²) in [6.07, 6.45) is 1.88. The monoisotopic (exact) mass is 255 g/mol. The average molecular weight is 255 g/mol.